The summed E-state index contributed by atoms with van der Waals surface area (Å²) in [6.45, 7) is 5.88. The minimum atomic E-state index is -0.230. The summed E-state index contributed by atoms with van der Waals surface area (Å²) >= 11 is 0. The van der Waals surface area contributed by atoms with Gasteiger partial charge in [0.15, 0.2) is 11.6 Å². The second-order valence-corrected chi connectivity index (χ2v) is 7.49. The fourth-order valence-electron chi connectivity index (χ4n) is 4.15. The minimum absolute atomic E-state index is 0.0784. The predicted molar refractivity (Wildman–Crippen MR) is 92.1 cm³/mol. The second-order valence-electron chi connectivity index (χ2n) is 7.49. The van der Waals surface area contributed by atoms with Crippen LogP contribution in [0.2, 0.25) is 0 Å². The molecule has 1 aliphatic heterocycles. The van der Waals surface area contributed by atoms with Crippen LogP contribution in [0.5, 0.6) is 0 Å². The van der Waals surface area contributed by atoms with Gasteiger partial charge in [-0.1, -0.05) is 12.8 Å². The number of nitrogen functional groups attached to an aromatic ring is 1. The number of anilines is 2. The summed E-state index contributed by atoms with van der Waals surface area (Å²) in [7, 11) is 0. The highest BCUT2D eigenvalue weighted by molar-refractivity contribution is 5.70. The maximum Gasteiger partial charge on any atom is 0.181 e. The summed E-state index contributed by atoms with van der Waals surface area (Å²) in [4.78, 5) is 11.1. The van der Waals surface area contributed by atoms with E-state index in [0.29, 0.717) is 11.5 Å². The average molecular weight is 328 g/mol. The first-order valence-electron chi connectivity index (χ1n) is 8.54. The molecule has 0 atom stereocenters. The van der Waals surface area contributed by atoms with Crippen molar-refractivity contribution in [1.82, 2.24) is 19.7 Å². The van der Waals surface area contributed by atoms with Crippen LogP contribution in [-0.4, -0.2) is 44.0 Å². The molecule has 0 bridgehead atoms. The van der Waals surface area contributed by atoms with Crippen LogP contribution in [-0.2, 0) is 4.74 Å². The number of morpholine rings is 1. The Kier molecular flexibility index (Phi) is 3.49. The Bertz CT molecular complexity index is 721. The van der Waals surface area contributed by atoms with Crippen LogP contribution in [0.3, 0.4) is 0 Å². The quantitative estimate of drug-likeness (QED) is 0.910. The van der Waals surface area contributed by atoms with Crippen molar-refractivity contribution in [1.29, 1.82) is 0 Å². The van der Waals surface area contributed by atoms with Gasteiger partial charge in [0.2, 0.25) is 0 Å². The number of nitrogens with two attached hydrogens (primary N) is 1. The van der Waals surface area contributed by atoms with E-state index in [1.54, 1.807) is 17.2 Å². The molecule has 1 spiro atoms. The number of hydrogen-bond donors (Lipinski definition) is 1. The molecule has 24 heavy (non-hydrogen) atoms. The molecule has 0 radical (unpaired) electrons. The zero-order chi connectivity index (χ0) is 16.8. The smallest absolute Gasteiger partial charge is 0.181 e. The highest BCUT2D eigenvalue weighted by Crippen LogP contribution is 2.42. The molecule has 2 aliphatic rings. The van der Waals surface area contributed by atoms with Gasteiger partial charge in [-0.05, 0) is 32.8 Å². The molecule has 2 aromatic heterocycles. The standard InChI is InChI=1S/C17H24N6O/c1-16(2)10-22(11-17(24-16)6-3-4-7-17)14-13(18)15(20-12-19-14)23-9-5-8-21-23/h5,8-9,12H,3-4,6-7,10-11,18H2,1-2H3. The van der Waals surface area contributed by atoms with Crippen LogP contribution in [0.25, 0.3) is 5.82 Å². The fraction of sp³-hybridized carbons (Fsp3) is 0.588. The first-order chi connectivity index (χ1) is 11.5. The predicted octanol–water partition coefficient (Wildman–Crippen LogP) is 2.17. The summed E-state index contributed by atoms with van der Waals surface area (Å²) in [6.07, 6.45) is 9.76. The van der Waals surface area contributed by atoms with Crippen LogP contribution in [0, 0.1) is 0 Å². The zero-order valence-corrected chi connectivity index (χ0v) is 14.3. The second kappa shape index (κ2) is 5.44. The van der Waals surface area contributed by atoms with Gasteiger partial charge in [-0.3, -0.25) is 0 Å². The Balaban J connectivity index is 1.71. The Morgan fingerprint density at radius 2 is 1.88 bits per heavy atom. The maximum atomic E-state index is 6.47. The van der Waals surface area contributed by atoms with Crippen molar-refractivity contribution in [2.45, 2.75) is 50.7 Å². The molecule has 0 amide bonds. The van der Waals surface area contributed by atoms with Gasteiger partial charge in [-0.2, -0.15) is 5.10 Å². The molecule has 2 N–H and O–H groups in total. The van der Waals surface area contributed by atoms with E-state index in [2.05, 4.69) is 33.8 Å². The monoisotopic (exact) mass is 328 g/mol. The first kappa shape index (κ1) is 15.4. The number of ether oxygens (including phenoxy) is 1. The molecular formula is C17H24N6O. The number of hydrogen-bond acceptors (Lipinski definition) is 6. The van der Waals surface area contributed by atoms with E-state index >= 15 is 0 Å². The third kappa shape index (κ3) is 2.62. The molecule has 0 aromatic carbocycles. The van der Waals surface area contributed by atoms with Crippen molar-refractivity contribution in [2.24, 2.45) is 0 Å². The van der Waals surface area contributed by atoms with E-state index in [0.717, 1.165) is 31.7 Å². The Morgan fingerprint density at radius 3 is 2.58 bits per heavy atom. The molecule has 2 aromatic rings. The average Bonchev–Trinajstić information content (AvgIpc) is 3.18. The van der Waals surface area contributed by atoms with E-state index in [9.17, 15) is 0 Å². The molecule has 1 aliphatic carbocycles. The van der Waals surface area contributed by atoms with Crippen molar-refractivity contribution in [3.05, 3.63) is 24.8 Å². The Morgan fingerprint density at radius 1 is 1.12 bits per heavy atom. The normalized spacial score (nSPS) is 22.2. The summed E-state index contributed by atoms with van der Waals surface area (Å²) < 4.78 is 8.15. The van der Waals surface area contributed by atoms with Gasteiger partial charge in [0.25, 0.3) is 0 Å². The lowest BCUT2D eigenvalue weighted by Crippen LogP contribution is -2.59. The van der Waals surface area contributed by atoms with Crippen molar-refractivity contribution >= 4 is 11.5 Å². The van der Waals surface area contributed by atoms with Gasteiger partial charge in [-0.25, -0.2) is 14.6 Å². The van der Waals surface area contributed by atoms with E-state index < -0.39 is 0 Å². The molecule has 128 valence electrons. The summed E-state index contributed by atoms with van der Waals surface area (Å²) in [5.74, 6) is 1.40. The molecule has 1 saturated carbocycles. The van der Waals surface area contributed by atoms with Crippen LogP contribution in [0.1, 0.15) is 39.5 Å². The summed E-state index contributed by atoms with van der Waals surface area (Å²) in [6, 6.07) is 1.85. The highest BCUT2D eigenvalue weighted by atomic mass is 16.5. The van der Waals surface area contributed by atoms with Crippen molar-refractivity contribution in [2.75, 3.05) is 23.7 Å². The van der Waals surface area contributed by atoms with Crippen LogP contribution >= 0.6 is 0 Å². The number of rotatable bonds is 2. The SMILES string of the molecule is CC1(C)CN(c2ncnc(-n3cccn3)c2N)CC2(CCCC2)O1. The van der Waals surface area contributed by atoms with Gasteiger partial charge < -0.3 is 15.4 Å². The number of nitrogens with zero attached hydrogens (tertiary/aromatic N) is 5. The summed E-state index contributed by atoms with van der Waals surface area (Å²) in [5.41, 5.74) is 6.67. The van der Waals surface area contributed by atoms with E-state index in [1.807, 2.05) is 12.3 Å². The molecule has 7 heteroatoms. The maximum absolute atomic E-state index is 6.47. The third-order valence-electron chi connectivity index (χ3n) is 4.92. The third-order valence-corrected chi connectivity index (χ3v) is 4.92. The van der Waals surface area contributed by atoms with Gasteiger partial charge in [-0.15, -0.1) is 0 Å². The van der Waals surface area contributed by atoms with E-state index in [-0.39, 0.29) is 11.2 Å². The van der Waals surface area contributed by atoms with Gasteiger partial charge in [0.05, 0.1) is 11.2 Å². The van der Waals surface area contributed by atoms with Crippen LogP contribution in [0.4, 0.5) is 11.5 Å². The van der Waals surface area contributed by atoms with Crippen LogP contribution < -0.4 is 10.6 Å². The topological polar surface area (TPSA) is 82.1 Å². The highest BCUT2D eigenvalue weighted by Gasteiger charge is 2.46. The summed E-state index contributed by atoms with van der Waals surface area (Å²) in [5, 5.41) is 4.24. The molecule has 0 unspecified atom stereocenters. The molecule has 1 saturated heterocycles. The minimum Gasteiger partial charge on any atom is -0.393 e. The fourth-order valence-corrected chi connectivity index (χ4v) is 4.15. The molecular weight excluding hydrogens is 304 g/mol. The Hall–Kier alpha value is -2.15. The lowest BCUT2D eigenvalue weighted by Gasteiger charge is -2.49. The first-order valence-corrected chi connectivity index (χ1v) is 8.54. The van der Waals surface area contributed by atoms with E-state index in [1.165, 1.54) is 12.8 Å². The van der Waals surface area contributed by atoms with Crippen molar-refractivity contribution < 1.29 is 4.74 Å². The molecule has 2 fully saturated rings. The molecule has 3 heterocycles. The van der Waals surface area contributed by atoms with Crippen LogP contribution in [0.15, 0.2) is 24.8 Å². The van der Waals surface area contributed by atoms with Gasteiger partial charge in [0.1, 0.15) is 12.0 Å². The van der Waals surface area contributed by atoms with Gasteiger partial charge >= 0.3 is 0 Å². The number of aromatic nitrogens is 4. The lowest BCUT2D eigenvalue weighted by atomic mass is 9.94. The van der Waals surface area contributed by atoms with Crippen molar-refractivity contribution in [3.8, 4) is 5.82 Å². The van der Waals surface area contributed by atoms with Crippen molar-refractivity contribution in [3.63, 3.8) is 0 Å². The Labute approximate surface area is 141 Å². The zero-order valence-electron chi connectivity index (χ0n) is 14.3. The largest absolute Gasteiger partial charge is 0.393 e. The lowest BCUT2D eigenvalue weighted by molar-refractivity contribution is -0.148. The van der Waals surface area contributed by atoms with Gasteiger partial charge in [0, 0.05) is 25.5 Å². The molecule has 4 rings (SSSR count). The molecule has 7 nitrogen and oxygen atoms in total. The van der Waals surface area contributed by atoms with E-state index in [4.69, 9.17) is 10.5 Å².